The van der Waals surface area contributed by atoms with E-state index in [1.165, 1.54) is 9.18 Å². The van der Waals surface area contributed by atoms with Crippen molar-refractivity contribution in [3.05, 3.63) is 29.6 Å². The van der Waals surface area contributed by atoms with Crippen LogP contribution >= 0.6 is 22.9 Å². The van der Waals surface area contributed by atoms with Crippen LogP contribution in [-0.4, -0.2) is 17.8 Å². The molecule has 1 aliphatic heterocycles. The minimum absolute atomic E-state index is 0.182. The summed E-state index contributed by atoms with van der Waals surface area (Å²) in [7, 11) is 0. The van der Waals surface area contributed by atoms with Crippen LogP contribution in [0.15, 0.2) is 18.2 Å². The van der Waals surface area contributed by atoms with E-state index < -0.39 is 29.7 Å². The molecule has 0 aromatic heterocycles. The highest BCUT2D eigenvalue weighted by Gasteiger charge is 2.60. The third kappa shape index (κ3) is 1.56. The van der Waals surface area contributed by atoms with Crippen molar-refractivity contribution in [1.29, 1.82) is 0 Å². The first-order valence-electron chi connectivity index (χ1n) is 4.28. The second-order valence-electron chi connectivity index (χ2n) is 3.54. The van der Waals surface area contributed by atoms with Gasteiger partial charge in [0.25, 0.3) is 0 Å². The summed E-state index contributed by atoms with van der Waals surface area (Å²) in [6.07, 6.45) is -4.82. The zero-order valence-corrected chi connectivity index (χ0v) is 9.88. The summed E-state index contributed by atoms with van der Waals surface area (Å²) < 4.78 is 52.3. The molecular formula is C9H6F4INO. The summed E-state index contributed by atoms with van der Waals surface area (Å²) in [6, 6.07) is 3.01. The number of hydrogen-bond acceptors (Lipinski definition) is 2. The maximum atomic E-state index is 12.9. The number of alkyl halides is 3. The SMILES string of the molecule is O[C@]1(C(F)(F)F)CN(I)c2ccc(F)cc21. The van der Waals surface area contributed by atoms with Gasteiger partial charge in [-0.3, -0.25) is 0 Å². The number of aliphatic hydroxyl groups is 1. The van der Waals surface area contributed by atoms with Gasteiger partial charge in [0.1, 0.15) is 5.82 Å². The zero-order chi connectivity index (χ0) is 12.1. The summed E-state index contributed by atoms with van der Waals surface area (Å²) in [5, 5.41) is 9.64. The largest absolute Gasteiger partial charge is 0.423 e. The Morgan fingerprint density at radius 2 is 2.00 bits per heavy atom. The van der Waals surface area contributed by atoms with Crippen LogP contribution in [0.4, 0.5) is 23.2 Å². The Balaban J connectivity index is 2.62. The molecule has 0 amide bonds. The normalized spacial score (nSPS) is 24.8. The molecule has 0 saturated heterocycles. The first-order chi connectivity index (χ1) is 7.25. The van der Waals surface area contributed by atoms with Crippen molar-refractivity contribution in [2.75, 3.05) is 9.66 Å². The fraction of sp³-hybridized carbons (Fsp3) is 0.333. The van der Waals surface area contributed by atoms with Crippen molar-refractivity contribution in [1.82, 2.24) is 0 Å². The first-order valence-corrected chi connectivity index (χ1v) is 5.24. The van der Waals surface area contributed by atoms with Gasteiger partial charge >= 0.3 is 6.18 Å². The third-order valence-corrected chi connectivity index (χ3v) is 3.36. The number of nitrogens with zero attached hydrogens (tertiary/aromatic N) is 1. The highest BCUT2D eigenvalue weighted by Crippen LogP contribution is 2.49. The van der Waals surface area contributed by atoms with E-state index in [4.69, 9.17) is 0 Å². The molecule has 1 N–H and O–H groups in total. The molecule has 16 heavy (non-hydrogen) atoms. The van der Waals surface area contributed by atoms with Crippen molar-refractivity contribution < 1.29 is 22.7 Å². The maximum Gasteiger partial charge on any atom is 0.423 e. The van der Waals surface area contributed by atoms with Gasteiger partial charge in [-0.15, -0.1) is 0 Å². The quantitative estimate of drug-likeness (QED) is 0.443. The van der Waals surface area contributed by atoms with Crippen molar-refractivity contribution in [3.63, 3.8) is 0 Å². The van der Waals surface area contributed by atoms with Crippen LogP contribution in [-0.2, 0) is 5.60 Å². The van der Waals surface area contributed by atoms with Crippen LogP contribution in [0.25, 0.3) is 0 Å². The Morgan fingerprint density at radius 1 is 1.38 bits per heavy atom. The van der Waals surface area contributed by atoms with Gasteiger partial charge in [-0.2, -0.15) is 13.2 Å². The lowest BCUT2D eigenvalue weighted by atomic mass is 9.95. The van der Waals surface area contributed by atoms with Gasteiger partial charge in [0.15, 0.2) is 0 Å². The van der Waals surface area contributed by atoms with Crippen molar-refractivity contribution in [2.24, 2.45) is 0 Å². The molecule has 2 nitrogen and oxygen atoms in total. The van der Waals surface area contributed by atoms with E-state index in [0.717, 1.165) is 12.1 Å². The molecule has 1 heterocycles. The number of benzene rings is 1. The Hall–Kier alpha value is -0.570. The molecule has 2 rings (SSSR count). The molecule has 0 fully saturated rings. The minimum atomic E-state index is -4.82. The van der Waals surface area contributed by atoms with Gasteiger partial charge in [0.2, 0.25) is 5.60 Å². The topological polar surface area (TPSA) is 23.5 Å². The lowest BCUT2D eigenvalue weighted by Crippen LogP contribution is -2.44. The summed E-state index contributed by atoms with van der Waals surface area (Å²) >= 11 is 1.65. The molecule has 7 heteroatoms. The second kappa shape index (κ2) is 3.46. The average Bonchev–Trinajstić information content (AvgIpc) is 2.39. The standard InChI is InChI=1S/C9H6F4INO/c10-5-1-2-7-6(3-5)8(16,4-15(7)14)9(11,12)13/h1-3,16H,4H2/t8-/m1/s1. The van der Waals surface area contributed by atoms with E-state index >= 15 is 0 Å². The molecule has 0 radical (unpaired) electrons. The number of rotatable bonds is 0. The molecule has 1 aliphatic rings. The molecule has 0 spiro atoms. The fourth-order valence-corrected chi connectivity index (χ4v) is 2.58. The van der Waals surface area contributed by atoms with E-state index in [1.807, 2.05) is 0 Å². The lowest BCUT2D eigenvalue weighted by molar-refractivity contribution is -0.258. The third-order valence-electron chi connectivity index (χ3n) is 2.50. The molecule has 0 bridgehead atoms. The number of anilines is 1. The fourth-order valence-electron chi connectivity index (χ4n) is 1.66. The summed E-state index contributed by atoms with van der Waals surface area (Å²) in [4.78, 5) is 0. The monoisotopic (exact) mass is 347 g/mol. The average molecular weight is 347 g/mol. The molecular weight excluding hydrogens is 341 g/mol. The van der Waals surface area contributed by atoms with E-state index in [9.17, 15) is 22.7 Å². The predicted molar refractivity (Wildman–Crippen MR) is 57.7 cm³/mol. The molecule has 0 saturated carbocycles. The first kappa shape index (κ1) is 11.9. The number of hydrogen-bond donors (Lipinski definition) is 1. The summed E-state index contributed by atoms with van der Waals surface area (Å²) in [5.74, 6) is -0.798. The van der Waals surface area contributed by atoms with E-state index in [2.05, 4.69) is 0 Å². The molecule has 1 aromatic carbocycles. The van der Waals surface area contributed by atoms with Gasteiger partial charge in [-0.05, 0) is 18.2 Å². The van der Waals surface area contributed by atoms with Gasteiger partial charge in [0.05, 0.1) is 35.1 Å². The maximum absolute atomic E-state index is 12.9. The molecule has 88 valence electrons. The van der Waals surface area contributed by atoms with Gasteiger partial charge < -0.3 is 8.22 Å². The predicted octanol–water partition coefficient (Wildman–Crippen LogP) is 2.75. The van der Waals surface area contributed by atoms with Crippen LogP contribution < -0.4 is 3.11 Å². The Morgan fingerprint density at radius 3 is 2.56 bits per heavy atom. The zero-order valence-electron chi connectivity index (χ0n) is 7.72. The molecule has 1 aromatic rings. The van der Waals surface area contributed by atoms with Gasteiger partial charge in [-0.1, -0.05) is 0 Å². The van der Waals surface area contributed by atoms with E-state index in [-0.39, 0.29) is 5.69 Å². The van der Waals surface area contributed by atoms with Gasteiger partial charge in [0, 0.05) is 5.56 Å². The Bertz CT molecular complexity index is 436. The number of fused-ring (bicyclic) bond motifs is 1. The highest BCUT2D eigenvalue weighted by molar-refractivity contribution is 14.1. The smallest absolute Gasteiger partial charge is 0.375 e. The van der Waals surface area contributed by atoms with Crippen LogP contribution in [0.5, 0.6) is 0 Å². The number of halogens is 5. The minimum Gasteiger partial charge on any atom is -0.375 e. The Kier molecular flexibility index (Phi) is 2.57. The van der Waals surface area contributed by atoms with Crippen LogP contribution in [0.3, 0.4) is 0 Å². The van der Waals surface area contributed by atoms with Crippen molar-refractivity contribution in [3.8, 4) is 0 Å². The highest BCUT2D eigenvalue weighted by atomic mass is 127. The van der Waals surface area contributed by atoms with E-state index in [0.29, 0.717) is 0 Å². The molecule has 0 unspecified atom stereocenters. The summed E-state index contributed by atoms with van der Waals surface area (Å²) in [6.45, 7) is -0.629. The summed E-state index contributed by atoms with van der Waals surface area (Å²) in [5.41, 5.74) is -3.25. The lowest BCUT2D eigenvalue weighted by Gasteiger charge is -2.26. The van der Waals surface area contributed by atoms with Crippen LogP contribution in [0.1, 0.15) is 5.56 Å². The number of β-amino-alcohol motifs (C(OH)–C–C–N with tert-alkyl or cyclic N) is 1. The van der Waals surface area contributed by atoms with Crippen LogP contribution in [0.2, 0.25) is 0 Å². The molecule has 0 aliphatic carbocycles. The molecule has 1 atom stereocenters. The van der Waals surface area contributed by atoms with Gasteiger partial charge in [-0.25, -0.2) is 4.39 Å². The van der Waals surface area contributed by atoms with Crippen molar-refractivity contribution >= 4 is 28.6 Å². The van der Waals surface area contributed by atoms with Crippen molar-refractivity contribution in [2.45, 2.75) is 11.8 Å². The van der Waals surface area contributed by atoms with Crippen LogP contribution in [0, 0.1) is 5.82 Å². The second-order valence-corrected chi connectivity index (χ2v) is 4.70. The Labute approximate surface area is 102 Å². The van der Waals surface area contributed by atoms with E-state index in [1.54, 1.807) is 22.9 Å².